The van der Waals surface area contributed by atoms with Gasteiger partial charge >= 0.3 is 11.3 Å². The molecule has 0 radical (unpaired) electrons. The van der Waals surface area contributed by atoms with Gasteiger partial charge in [-0.1, -0.05) is 0 Å². The van der Waals surface area contributed by atoms with Crippen LogP contribution in [0.5, 0.6) is 5.75 Å². The Labute approximate surface area is 144 Å². The fourth-order valence-corrected chi connectivity index (χ4v) is 3.30. The summed E-state index contributed by atoms with van der Waals surface area (Å²) < 4.78 is 55.9. The maximum absolute atomic E-state index is 12.8. The predicted molar refractivity (Wildman–Crippen MR) is 86.7 cm³/mol. The van der Waals surface area contributed by atoms with Gasteiger partial charge in [0, 0.05) is 29.0 Å². The first-order chi connectivity index (χ1) is 11.8. The van der Waals surface area contributed by atoms with E-state index in [1.807, 2.05) is 6.92 Å². The quantitative estimate of drug-likeness (QED) is 0.713. The van der Waals surface area contributed by atoms with E-state index in [1.165, 1.54) is 13.2 Å². The molecule has 0 saturated carbocycles. The first kappa shape index (κ1) is 17.6. The number of pyridine rings is 1. The molecule has 0 bridgehead atoms. The lowest BCUT2D eigenvalue weighted by Gasteiger charge is -2.09. The first-order valence-corrected chi connectivity index (χ1v) is 8.54. The summed E-state index contributed by atoms with van der Waals surface area (Å²) in [5, 5.41) is 0.107. The smallest absolute Gasteiger partial charge is 0.416 e. The Morgan fingerprint density at radius 3 is 2.72 bits per heavy atom. The number of ether oxygens (including phenoxy) is 1. The minimum absolute atomic E-state index is 0.0720. The third-order valence-electron chi connectivity index (χ3n) is 3.61. The van der Waals surface area contributed by atoms with Crippen molar-refractivity contribution < 1.29 is 22.5 Å². The van der Waals surface area contributed by atoms with Crippen molar-refractivity contribution in [2.75, 3.05) is 7.11 Å². The van der Waals surface area contributed by atoms with Gasteiger partial charge in [-0.2, -0.15) is 18.2 Å². The van der Waals surface area contributed by atoms with E-state index in [-0.39, 0.29) is 16.4 Å². The lowest BCUT2D eigenvalue weighted by Crippen LogP contribution is -2.08. The number of nitrogens with zero attached hydrogens (tertiary/aromatic N) is 2. The number of halogens is 3. The molecule has 0 saturated heterocycles. The number of hydrogen-bond acceptors (Lipinski definition) is 4. The lowest BCUT2D eigenvalue weighted by molar-refractivity contribution is -0.137. The van der Waals surface area contributed by atoms with Gasteiger partial charge in [0.15, 0.2) is 5.75 Å². The standard InChI is InChI=1S/C16H14F3N3O2S/c1-9-7-20-11(6-14(9)24-2)8-25(23)15-21-12-4-3-10(16(17,18)19)5-13(12)22-15/h3-7H,8H2,1-2H3,(H,21,22). The number of aromatic nitrogens is 3. The molecule has 0 fully saturated rings. The molecule has 9 heteroatoms. The molecular weight excluding hydrogens is 355 g/mol. The molecular formula is C16H14F3N3O2S. The van der Waals surface area contributed by atoms with E-state index in [9.17, 15) is 17.7 Å². The van der Waals surface area contributed by atoms with Crippen molar-refractivity contribution in [3.63, 3.8) is 0 Å². The fourth-order valence-electron chi connectivity index (χ4n) is 2.31. The van der Waals surface area contributed by atoms with Crippen LogP contribution in [0.15, 0.2) is 35.6 Å². The topological polar surface area (TPSA) is 73.9 Å². The summed E-state index contributed by atoms with van der Waals surface area (Å²) in [6.07, 6.45) is -2.84. The van der Waals surface area contributed by atoms with Gasteiger partial charge < -0.3 is 9.29 Å². The Morgan fingerprint density at radius 2 is 2.04 bits per heavy atom. The van der Waals surface area contributed by atoms with E-state index in [0.717, 1.165) is 17.7 Å². The first-order valence-electron chi connectivity index (χ1n) is 7.23. The van der Waals surface area contributed by atoms with Crippen LogP contribution in [0.4, 0.5) is 13.2 Å². The molecule has 25 heavy (non-hydrogen) atoms. The molecule has 132 valence electrons. The van der Waals surface area contributed by atoms with Crippen LogP contribution in [0.3, 0.4) is 0 Å². The Hall–Kier alpha value is -2.26. The van der Waals surface area contributed by atoms with Crippen molar-refractivity contribution in [3.8, 4) is 5.75 Å². The number of aromatic amines is 1. The number of hydrogen-bond donors (Lipinski definition) is 1. The fraction of sp³-hybridized carbons (Fsp3) is 0.250. The Kier molecular flexibility index (Phi) is 4.61. The molecule has 1 aromatic carbocycles. The number of methoxy groups -OCH3 is 1. The van der Waals surface area contributed by atoms with Gasteiger partial charge in [-0.05, 0) is 25.1 Å². The van der Waals surface area contributed by atoms with Gasteiger partial charge in [0.05, 0.1) is 29.4 Å². The molecule has 1 N–H and O–H groups in total. The van der Waals surface area contributed by atoms with Crippen LogP contribution in [0, 0.1) is 6.92 Å². The number of rotatable bonds is 4. The zero-order chi connectivity index (χ0) is 18.2. The number of imidazole rings is 1. The van der Waals surface area contributed by atoms with Gasteiger partial charge in [-0.15, -0.1) is 0 Å². The molecule has 2 aromatic heterocycles. The highest BCUT2D eigenvalue weighted by molar-refractivity contribution is 7.90. The van der Waals surface area contributed by atoms with Crippen molar-refractivity contribution in [2.24, 2.45) is 0 Å². The van der Waals surface area contributed by atoms with Crippen molar-refractivity contribution >= 4 is 22.2 Å². The molecule has 0 amide bonds. The number of aryl methyl sites for hydroxylation is 1. The second-order valence-corrected chi connectivity index (χ2v) is 6.77. The van der Waals surface area contributed by atoms with E-state index in [2.05, 4.69) is 15.0 Å². The third-order valence-corrected chi connectivity index (χ3v) is 4.80. The van der Waals surface area contributed by atoms with Crippen LogP contribution in [0.25, 0.3) is 11.0 Å². The summed E-state index contributed by atoms with van der Waals surface area (Å²) in [4.78, 5) is 11.0. The Bertz CT molecular complexity index is 911. The largest absolute Gasteiger partial charge is 0.609 e. The summed E-state index contributed by atoms with van der Waals surface area (Å²) in [5.74, 6) is 0.698. The van der Waals surface area contributed by atoms with Crippen LogP contribution in [-0.4, -0.2) is 26.6 Å². The molecule has 0 aliphatic heterocycles. The van der Waals surface area contributed by atoms with E-state index >= 15 is 0 Å². The molecule has 0 aliphatic carbocycles. The molecule has 1 atom stereocenters. The highest BCUT2D eigenvalue weighted by atomic mass is 32.2. The van der Waals surface area contributed by atoms with E-state index in [0.29, 0.717) is 17.0 Å². The van der Waals surface area contributed by atoms with Crippen molar-refractivity contribution in [1.29, 1.82) is 0 Å². The maximum atomic E-state index is 12.8. The summed E-state index contributed by atoms with van der Waals surface area (Å²) >= 11 is -1.58. The second-order valence-electron chi connectivity index (χ2n) is 5.41. The molecule has 3 rings (SSSR count). The lowest BCUT2D eigenvalue weighted by atomic mass is 10.2. The van der Waals surface area contributed by atoms with E-state index in [4.69, 9.17) is 4.74 Å². The van der Waals surface area contributed by atoms with Crippen LogP contribution < -0.4 is 4.74 Å². The Morgan fingerprint density at radius 1 is 1.28 bits per heavy atom. The van der Waals surface area contributed by atoms with Crippen molar-refractivity contribution in [2.45, 2.75) is 24.0 Å². The molecule has 0 spiro atoms. The van der Waals surface area contributed by atoms with E-state index in [1.54, 1.807) is 12.3 Å². The van der Waals surface area contributed by atoms with Gasteiger partial charge in [0.2, 0.25) is 0 Å². The van der Waals surface area contributed by atoms with E-state index < -0.39 is 22.9 Å². The van der Waals surface area contributed by atoms with Crippen molar-refractivity contribution in [1.82, 2.24) is 15.0 Å². The third kappa shape index (κ3) is 3.72. The number of benzene rings is 1. The Balaban J connectivity index is 1.86. The van der Waals surface area contributed by atoms with Crippen LogP contribution in [-0.2, 0) is 23.1 Å². The normalized spacial score (nSPS) is 13.2. The zero-order valence-electron chi connectivity index (χ0n) is 13.3. The van der Waals surface area contributed by atoms with Crippen molar-refractivity contribution in [3.05, 3.63) is 47.3 Å². The number of fused-ring (bicyclic) bond motifs is 1. The highest BCUT2D eigenvalue weighted by Gasteiger charge is 2.31. The average molecular weight is 369 g/mol. The number of nitrogens with one attached hydrogen (secondary N) is 1. The molecule has 3 aromatic rings. The SMILES string of the molecule is COc1cc(C[S+]([O-])c2nc3cc(C(F)(F)F)ccc3[nH]2)ncc1C. The minimum Gasteiger partial charge on any atom is -0.609 e. The average Bonchev–Trinajstić information content (AvgIpc) is 2.99. The van der Waals surface area contributed by atoms with Gasteiger partial charge in [0.1, 0.15) is 5.75 Å². The van der Waals surface area contributed by atoms with Crippen LogP contribution in [0.2, 0.25) is 0 Å². The summed E-state index contributed by atoms with van der Waals surface area (Å²) in [6.45, 7) is 1.84. The number of alkyl halides is 3. The maximum Gasteiger partial charge on any atom is 0.416 e. The second kappa shape index (κ2) is 6.57. The molecule has 2 heterocycles. The van der Waals surface area contributed by atoms with Crippen LogP contribution >= 0.6 is 0 Å². The molecule has 1 unspecified atom stereocenters. The molecule has 0 aliphatic rings. The minimum atomic E-state index is -4.45. The summed E-state index contributed by atoms with van der Waals surface area (Å²) in [6, 6.07) is 4.84. The highest BCUT2D eigenvalue weighted by Crippen LogP contribution is 2.31. The van der Waals surface area contributed by atoms with Crippen LogP contribution in [0.1, 0.15) is 16.8 Å². The van der Waals surface area contributed by atoms with Gasteiger partial charge in [-0.25, -0.2) is 0 Å². The van der Waals surface area contributed by atoms with Gasteiger partial charge in [-0.3, -0.25) is 9.97 Å². The predicted octanol–water partition coefficient (Wildman–Crippen LogP) is 3.60. The molecule has 5 nitrogen and oxygen atoms in total. The number of H-pyrrole nitrogens is 1. The summed E-state index contributed by atoms with van der Waals surface area (Å²) in [7, 11) is 1.53. The summed E-state index contributed by atoms with van der Waals surface area (Å²) in [5.41, 5.74) is 1.10. The zero-order valence-corrected chi connectivity index (χ0v) is 14.2. The monoisotopic (exact) mass is 369 g/mol. The van der Waals surface area contributed by atoms with Gasteiger partial charge in [0.25, 0.3) is 0 Å².